The molecule has 1 fully saturated rings. The molecule has 1 aliphatic heterocycles. The number of carbonyl (C=O) groups is 2. The highest BCUT2D eigenvalue weighted by Crippen LogP contribution is 2.15. The maximum atomic E-state index is 13.0. The lowest BCUT2D eigenvalue weighted by Crippen LogP contribution is -2.35. The predicted molar refractivity (Wildman–Crippen MR) is 124 cm³/mol. The molecule has 0 radical (unpaired) electrons. The van der Waals surface area contributed by atoms with Crippen molar-refractivity contribution in [1.82, 2.24) is 14.8 Å². The van der Waals surface area contributed by atoms with E-state index in [1.807, 2.05) is 11.0 Å². The van der Waals surface area contributed by atoms with E-state index in [9.17, 15) is 14.4 Å². The Bertz CT molecular complexity index is 1110. The normalized spacial score (nSPS) is 14.6. The van der Waals surface area contributed by atoms with Gasteiger partial charge in [-0.1, -0.05) is 30.3 Å². The SMILES string of the molecule is O=C(Nc1ccc(C(=O)N2CCCN(Cc3ccccc3)CC2)cc1)c1ccc(=O)[nH]c1. The van der Waals surface area contributed by atoms with Crippen LogP contribution in [0.1, 0.15) is 32.7 Å². The Morgan fingerprint density at radius 3 is 2.31 bits per heavy atom. The number of benzene rings is 2. The fraction of sp³-hybridized carbons (Fsp3) is 0.240. The minimum absolute atomic E-state index is 0.00470. The Kier molecular flexibility index (Phi) is 6.77. The van der Waals surface area contributed by atoms with Gasteiger partial charge in [0, 0.05) is 56.2 Å². The van der Waals surface area contributed by atoms with Crippen LogP contribution >= 0.6 is 0 Å². The van der Waals surface area contributed by atoms with Crippen LogP contribution in [0.3, 0.4) is 0 Å². The molecular formula is C25H26N4O3. The molecule has 32 heavy (non-hydrogen) atoms. The second kappa shape index (κ2) is 10.1. The van der Waals surface area contributed by atoms with Crippen molar-refractivity contribution in [1.29, 1.82) is 0 Å². The van der Waals surface area contributed by atoms with Gasteiger partial charge in [-0.2, -0.15) is 0 Å². The summed E-state index contributed by atoms with van der Waals surface area (Å²) >= 11 is 0. The second-order valence-electron chi connectivity index (χ2n) is 7.88. The van der Waals surface area contributed by atoms with Crippen molar-refractivity contribution in [3.05, 3.63) is 100.0 Å². The zero-order valence-electron chi connectivity index (χ0n) is 17.8. The third kappa shape index (κ3) is 5.50. The fourth-order valence-corrected chi connectivity index (χ4v) is 3.81. The molecule has 4 rings (SSSR count). The first-order chi connectivity index (χ1) is 15.6. The molecule has 0 unspecified atom stereocenters. The summed E-state index contributed by atoms with van der Waals surface area (Å²) in [4.78, 5) is 43.2. The Balaban J connectivity index is 1.33. The number of nitrogens with one attached hydrogen (secondary N) is 2. The topological polar surface area (TPSA) is 85.5 Å². The van der Waals surface area contributed by atoms with Gasteiger partial charge >= 0.3 is 0 Å². The first-order valence-corrected chi connectivity index (χ1v) is 10.7. The van der Waals surface area contributed by atoms with Crippen LogP contribution in [-0.4, -0.2) is 52.8 Å². The molecule has 7 nitrogen and oxygen atoms in total. The standard InChI is InChI=1S/C25H26N4O3/c30-23-12-9-21(17-26-23)24(31)27-22-10-7-20(8-11-22)25(32)29-14-4-13-28(15-16-29)18-19-5-2-1-3-6-19/h1-3,5-12,17H,4,13-16,18H2,(H,26,30)(H,27,31). The summed E-state index contributed by atoms with van der Waals surface area (Å²) in [6, 6.07) is 20.1. The molecule has 2 heterocycles. The van der Waals surface area contributed by atoms with Gasteiger partial charge in [0.25, 0.3) is 11.8 Å². The third-order valence-corrected chi connectivity index (χ3v) is 5.56. The maximum absolute atomic E-state index is 13.0. The Morgan fingerprint density at radius 2 is 1.59 bits per heavy atom. The van der Waals surface area contributed by atoms with Crippen LogP contribution in [0.2, 0.25) is 0 Å². The monoisotopic (exact) mass is 430 g/mol. The molecule has 1 saturated heterocycles. The number of pyridine rings is 1. The van der Waals surface area contributed by atoms with Crippen LogP contribution in [0.4, 0.5) is 5.69 Å². The lowest BCUT2D eigenvalue weighted by molar-refractivity contribution is 0.0761. The molecular weight excluding hydrogens is 404 g/mol. The minimum Gasteiger partial charge on any atom is -0.337 e. The highest BCUT2D eigenvalue weighted by Gasteiger charge is 2.20. The van der Waals surface area contributed by atoms with Gasteiger partial charge in [-0.15, -0.1) is 0 Å². The molecule has 0 atom stereocenters. The molecule has 0 saturated carbocycles. The van der Waals surface area contributed by atoms with Gasteiger partial charge in [0.1, 0.15) is 0 Å². The van der Waals surface area contributed by atoms with Crippen LogP contribution in [0.5, 0.6) is 0 Å². The first-order valence-electron chi connectivity index (χ1n) is 10.7. The summed E-state index contributed by atoms with van der Waals surface area (Å²) in [5, 5.41) is 2.77. The van der Waals surface area contributed by atoms with E-state index in [0.717, 1.165) is 32.6 Å². The summed E-state index contributed by atoms with van der Waals surface area (Å²) in [6.07, 6.45) is 2.31. The summed E-state index contributed by atoms with van der Waals surface area (Å²) < 4.78 is 0. The smallest absolute Gasteiger partial charge is 0.257 e. The number of aromatic amines is 1. The van der Waals surface area contributed by atoms with Gasteiger partial charge in [-0.3, -0.25) is 19.3 Å². The zero-order valence-corrected chi connectivity index (χ0v) is 17.8. The summed E-state index contributed by atoms with van der Waals surface area (Å²) in [6.45, 7) is 4.13. The van der Waals surface area contributed by atoms with Crippen molar-refractivity contribution in [3.63, 3.8) is 0 Å². The van der Waals surface area contributed by atoms with E-state index in [1.54, 1.807) is 24.3 Å². The molecule has 1 aromatic heterocycles. The molecule has 0 aliphatic carbocycles. The summed E-state index contributed by atoms with van der Waals surface area (Å²) in [7, 11) is 0. The van der Waals surface area contributed by atoms with E-state index in [-0.39, 0.29) is 17.4 Å². The molecule has 3 aromatic rings. The highest BCUT2D eigenvalue weighted by atomic mass is 16.2. The van der Waals surface area contributed by atoms with Crippen LogP contribution in [-0.2, 0) is 6.54 Å². The lowest BCUT2D eigenvalue weighted by atomic mass is 10.1. The minimum atomic E-state index is -0.327. The van der Waals surface area contributed by atoms with E-state index in [2.05, 4.69) is 39.5 Å². The molecule has 2 aromatic carbocycles. The largest absolute Gasteiger partial charge is 0.337 e. The van der Waals surface area contributed by atoms with Gasteiger partial charge in [0.2, 0.25) is 5.56 Å². The van der Waals surface area contributed by atoms with Crippen molar-refractivity contribution in [2.24, 2.45) is 0 Å². The number of hydrogen-bond acceptors (Lipinski definition) is 4. The van der Waals surface area contributed by atoms with Gasteiger partial charge in [0.05, 0.1) is 5.56 Å². The van der Waals surface area contributed by atoms with Gasteiger partial charge in [-0.05, 0) is 42.3 Å². The van der Waals surface area contributed by atoms with E-state index in [1.165, 1.54) is 23.9 Å². The Labute approximate surface area is 186 Å². The number of nitrogens with zero attached hydrogens (tertiary/aromatic N) is 2. The van der Waals surface area contributed by atoms with Gasteiger partial charge in [-0.25, -0.2) is 0 Å². The second-order valence-corrected chi connectivity index (χ2v) is 7.88. The van der Waals surface area contributed by atoms with Crippen LogP contribution in [0.25, 0.3) is 0 Å². The summed E-state index contributed by atoms with van der Waals surface area (Å²) in [5.74, 6) is -0.323. The average molecular weight is 431 g/mol. The van der Waals surface area contributed by atoms with Crippen LogP contribution in [0.15, 0.2) is 77.7 Å². The summed E-state index contributed by atoms with van der Waals surface area (Å²) in [5.41, 5.74) is 2.56. The zero-order chi connectivity index (χ0) is 22.3. The number of rotatable bonds is 5. The van der Waals surface area contributed by atoms with E-state index >= 15 is 0 Å². The average Bonchev–Trinajstić information content (AvgIpc) is 3.06. The van der Waals surface area contributed by atoms with Crippen molar-refractivity contribution in [3.8, 4) is 0 Å². The van der Waals surface area contributed by atoms with Gasteiger partial charge < -0.3 is 15.2 Å². The van der Waals surface area contributed by atoms with E-state index < -0.39 is 0 Å². The molecule has 2 N–H and O–H groups in total. The van der Waals surface area contributed by atoms with Crippen molar-refractivity contribution < 1.29 is 9.59 Å². The maximum Gasteiger partial charge on any atom is 0.257 e. The van der Waals surface area contributed by atoms with E-state index in [4.69, 9.17) is 0 Å². The fourth-order valence-electron chi connectivity index (χ4n) is 3.81. The number of H-pyrrole nitrogens is 1. The number of aromatic nitrogens is 1. The lowest BCUT2D eigenvalue weighted by Gasteiger charge is -2.22. The Morgan fingerprint density at radius 1 is 0.844 bits per heavy atom. The molecule has 1 aliphatic rings. The van der Waals surface area contributed by atoms with Crippen LogP contribution < -0.4 is 10.9 Å². The Hall–Kier alpha value is -3.71. The number of hydrogen-bond donors (Lipinski definition) is 2. The number of carbonyl (C=O) groups excluding carboxylic acids is 2. The first kappa shape index (κ1) is 21.5. The van der Waals surface area contributed by atoms with Crippen molar-refractivity contribution >= 4 is 17.5 Å². The van der Waals surface area contributed by atoms with E-state index in [0.29, 0.717) is 23.4 Å². The molecule has 2 amide bonds. The highest BCUT2D eigenvalue weighted by molar-refractivity contribution is 6.04. The predicted octanol–water partition coefficient (Wildman–Crippen LogP) is 2.98. The molecule has 7 heteroatoms. The van der Waals surface area contributed by atoms with Gasteiger partial charge in [0.15, 0.2) is 0 Å². The molecule has 0 bridgehead atoms. The van der Waals surface area contributed by atoms with Crippen LogP contribution in [0, 0.1) is 0 Å². The number of amides is 2. The number of anilines is 1. The molecule has 0 spiro atoms. The van der Waals surface area contributed by atoms with Crippen molar-refractivity contribution in [2.45, 2.75) is 13.0 Å². The molecule has 164 valence electrons. The quantitative estimate of drug-likeness (QED) is 0.652. The third-order valence-electron chi connectivity index (χ3n) is 5.56. The van der Waals surface area contributed by atoms with Crippen molar-refractivity contribution in [2.75, 3.05) is 31.5 Å².